The lowest BCUT2D eigenvalue weighted by Crippen LogP contribution is -2.39. The summed E-state index contributed by atoms with van der Waals surface area (Å²) in [5.74, 6) is 0.308. The zero-order valence-corrected chi connectivity index (χ0v) is 10.8. The quantitative estimate of drug-likeness (QED) is 0.794. The van der Waals surface area contributed by atoms with Gasteiger partial charge in [-0.15, -0.1) is 17.5 Å². The van der Waals surface area contributed by atoms with Crippen molar-refractivity contribution in [2.75, 3.05) is 23.7 Å². The molecule has 6 nitrogen and oxygen atoms in total. The van der Waals surface area contributed by atoms with Crippen LogP contribution < -0.4 is 16.4 Å². The van der Waals surface area contributed by atoms with Gasteiger partial charge in [-0.05, 0) is 25.0 Å². The van der Waals surface area contributed by atoms with Crippen molar-refractivity contribution < 1.29 is 0 Å². The summed E-state index contributed by atoms with van der Waals surface area (Å²) in [5.41, 5.74) is 13.4. The molecule has 18 heavy (non-hydrogen) atoms. The molecule has 0 bridgehead atoms. The predicted octanol–water partition coefficient (Wildman–Crippen LogP) is 0.661. The Bertz CT molecular complexity index is 531. The van der Waals surface area contributed by atoms with Gasteiger partial charge in [0.15, 0.2) is 5.65 Å². The van der Waals surface area contributed by atoms with Crippen LogP contribution in [-0.2, 0) is 0 Å². The monoisotopic (exact) mass is 268 g/mol. The van der Waals surface area contributed by atoms with Gasteiger partial charge in [0, 0.05) is 19.1 Å². The molecule has 7 heteroatoms. The van der Waals surface area contributed by atoms with E-state index in [0.29, 0.717) is 12.0 Å². The van der Waals surface area contributed by atoms with Crippen LogP contribution in [0.4, 0.5) is 11.6 Å². The number of pyridine rings is 1. The first-order chi connectivity index (χ1) is 8.22. The van der Waals surface area contributed by atoms with E-state index in [2.05, 4.69) is 21.0 Å². The zero-order valence-electron chi connectivity index (χ0n) is 9.99. The van der Waals surface area contributed by atoms with Gasteiger partial charge in [0.05, 0.1) is 11.9 Å². The number of hydrogen-bond acceptors (Lipinski definition) is 5. The van der Waals surface area contributed by atoms with E-state index in [1.165, 1.54) is 0 Å². The van der Waals surface area contributed by atoms with Crippen LogP contribution in [0.5, 0.6) is 0 Å². The number of hydrogen-bond donors (Lipinski definition) is 2. The van der Waals surface area contributed by atoms with Crippen molar-refractivity contribution in [2.45, 2.75) is 18.9 Å². The second-order valence-corrected chi connectivity index (χ2v) is 4.48. The van der Waals surface area contributed by atoms with E-state index in [9.17, 15) is 0 Å². The molecule has 1 saturated heterocycles. The Morgan fingerprint density at radius 1 is 1.22 bits per heavy atom. The lowest BCUT2D eigenvalue weighted by Gasteiger charge is -2.31. The Morgan fingerprint density at radius 3 is 2.67 bits per heavy atom. The molecule has 3 rings (SSSR count). The summed E-state index contributed by atoms with van der Waals surface area (Å²) in [6, 6.07) is 4.34. The van der Waals surface area contributed by atoms with Gasteiger partial charge in [-0.2, -0.15) is 4.98 Å². The molecule has 0 spiro atoms. The minimum Gasteiger partial charge on any atom is -0.370 e. The molecule has 2 aromatic rings. The van der Waals surface area contributed by atoms with Crippen LogP contribution in [-0.4, -0.2) is 33.7 Å². The van der Waals surface area contributed by atoms with Gasteiger partial charge in [-0.3, -0.25) is 0 Å². The Hall–Kier alpha value is -1.53. The van der Waals surface area contributed by atoms with Crippen molar-refractivity contribution in [3.05, 3.63) is 18.3 Å². The van der Waals surface area contributed by atoms with E-state index in [1.54, 1.807) is 4.52 Å². The van der Waals surface area contributed by atoms with Gasteiger partial charge < -0.3 is 16.4 Å². The van der Waals surface area contributed by atoms with E-state index in [4.69, 9.17) is 11.5 Å². The molecule has 1 aliphatic heterocycles. The average Bonchev–Trinajstić information content (AvgIpc) is 2.69. The molecule has 1 aliphatic rings. The van der Waals surface area contributed by atoms with Crippen molar-refractivity contribution in [2.24, 2.45) is 5.73 Å². The largest absolute Gasteiger partial charge is 0.370 e. The summed E-state index contributed by atoms with van der Waals surface area (Å²) in [5, 5.41) is 4.12. The molecule has 0 unspecified atom stereocenters. The molecular weight excluding hydrogens is 252 g/mol. The third kappa shape index (κ3) is 2.34. The minimum absolute atomic E-state index is 0. The first kappa shape index (κ1) is 12.9. The van der Waals surface area contributed by atoms with Crippen LogP contribution in [0, 0.1) is 0 Å². The molecule has 2 aromatic heterocycles. The first-order valence-electron chi connectivity index (χ1n) is 5.85. The summed E-state index contributed by atoms with van der Waals surface area (Å²) in [6.07, 6.45) is 4.05. The number of nitrogens with zero attached hydrogens (tertiary/aromatic N) is 4. The SMILES string of the molecule is Cl.Nc1nc2ccc(N3CCC(N)CC3)cn2n1. The van der Waals surface area contributed by atoms with Gasteiger partial charge in [0.1, 0.15) is 0 Å². The maximum Gasteiger partial charge on any atom is 0.240 e. The number of piperidine rings is 1. The molecule has 4 N–H and O–H groups in total. The average molecular weight is 269 g/mol. The first-order valence-corrected chi connectivity index (χ1v) is 5.85. The van der Waals surface area contributed by atoms with Crippen LogP contribution in [0.15, 0.2) is 18.3 Å². The number of fused-ring (bicyclic) bond motifs is 1. The summed E-state index contributed by atoms with van der Waals surface area (Å²) in [7, 11) is 0. The van der Waals surface area contributed by atoms with Crippen LogP contribution >= 0.6 is 12.4 Å². The third-order valence-electron chi connectivity index (χ3n) is 3.24. The number of anilines is 2. The van der Waals surface area contributed by atoms with Gasteiger partial charge >= 0.3 is 0 Å². The normalized spacial score (nSPS) is 16.8. The molecular formula is C11H17ClN6. The fraction of sp³-hybridized carbons (Fsp3) is 0.455. The van der Waals surface area contributed by atoms with Crippen LogP contribution in [0.25, 0.3) is 5.65 Å². The molecule has 0 atom stereocenters. The molecule has 0 aliphatic carbocycles. The summed E-state index contributed by atoms with van der Waals surface area (Å²) < 4.78 is 1.72. The third-order valence-corrected chi connectivity index (χ3v) is 3.24. The highest BCUT2D eigenvalue weighted by molar-refractivity contribution is 5.85. The summed E-state index contributed by atoms with van der Waals surface area (Å²) in [4.78, 5) is 6.42. The van der Waals surface area contributed by atoms with E-state index in [-0.39, 0.29) is 12.4 Å². The molecule has 0 amide bonds. The maximum atomic E-state index is 5.90. The number of aromatic nitrogens is 3. The Balaban J connectivity index is 0.00000120. The molecule has 98 valence electrons. The Labute approximate surface area is 111 Å². The molecule has 1 fully saturated rings. The fourth-order valence-electron chi connectivity index (χ4n) is 2.23. The van der Waals surface area contributed by atoms with Crippen LogP contribution in [0.3, 0.4) is 0 Å². The number of rotatable bonds is 1. The van der Waals surface area contributed by atoms with Crippen molar-refractivity contribution in [3.63, 3.8) is 0 Å². The van der Waals surface area contributed by atoms with E-state index >= 15 is 0 Å². The number of nitrogens with two attached hydrogens (primary N) is 2. The second-order valence-electron chi connectivity index (χ2n) is 4.48. The van der Waals surface area contributed by atoms with Crippen molar-refractivity contribution in [1.82, 2.24) is 14.6 Å². The van der Waals surface area contributed by atoms with Crippen molar-refractivity contribution in [3.8, 4) is 0 Å². The molecule has 3 heterocycles. The molecule has 0 radical (unpaired) electrons. The molecule has 0 aromatic carbocycles. The maximum absolute atomic E-state index is 5.90. The topological polar surface area (TPSA) is 85.5 Å². The van der Waals surface area contributed by atoms with Crippen LogP contribution in [0.1, 0.15) is 12.8 Å². The van der Waals surface area contributed by atoms with Crippen molar-refractivity contribution >= 4 is 29.7 Å². The second kappa shape index (κ2) is 4.99. The number of nitrogen functional groups attached to an aromatic ring is 1. The lowest BCUT2D eigenvalue weighted by atomic mass is 10.1. The summed E-state index contributed by atoms with van der Waals surface area (Å²) >= 11 is 0. The minimum atomic E-state index is 0. The zero-order chi connectivity index (χ0) is 11.8. The highest BCUT2D eigenvalue weighted by atomic mass is 35.5. The smallest absolute Gasteiger partial charge is 0.240 e. The number of halogens is 1. The fourth-order valence-corrected chi connectivity index (χ4v) is 2.23. The molecule has 0 saturated carbocycles. The van der Waals surface area contributed by atoms with Crippen LogP contribution in [0.2, 0.25) is 0 Å². The standard InChI is InChI=1S/C11H16N6.ClH/c12-8-3-5-16(6-4-8)9-1-2-10-14-11(13)15-17(10)7-9;/h1-2,7-8H,3-6,12H2,(H2,13,15);1H. The van der Waals surface area contributed by atoms with Gasteiger partial charge in [-0.1, -0.05) is 0 Å². The Kier molecular flexibility index (Phi) is 3.58. The highest BCUT2D eigenvalue weighted by Gasteiger charge is 2.16. The van der Waals surface area contributed by atoms with E-state index in [1.807, 2.05) is 12.3 Å². The predicted molar refractivity (Wildman–Crippen MR) is 74.1 cm³/mol. The van der Waals surface area contributed by atoms with E-state index < -0.39 is 0 Å². The van der Waals surface area contributed by atoms with Gasteiger partial charge in [-0.25, -0.2) is 4.52 Å². The van der Waals surface area contributed by atoms with Gasteiger partial charge in [0.25, 0.3) is 0 Å². The summed E-state index contributed by atoms with van der Waals surface area (Å²) in [6.45, 7) is 1.99. The van der Waals surface area contributed by atoms with E-state index in [0.717, 1.165) is 37.3 Å². The highest BCUT2D eigenvalue weighted by Crippen LogP contribution is 2.19. The van der Waals surface area contributed by atoms with Crippen molar-refractivity contribution in [1.29, 1.82) is 0 Å². The lowest BCUT2D eigenvalue weighted by molar-refractivity contribution is 0.501. The van der Waals surface area contributed by atoms with Gasteiger partial charge in [0.2, 0.25) is 5.95 Å². The Morgan fingerprint density at radius 2 is 1.94 bits per heavy atom.